The van der Waals surface area contributed by atoms with Crippen LogP contribution in [0.4, 0.5) is 22.0 Å². The predicted octanol–water partition coefficient (Wildman–Crippen LogP) is 2.06. The summed E-state index contributed by atoms with van der Waals surface area (Å²) in [6, 6.07) is 5.12. The van der Waals surface area contributed by atoms with E-state index in [0.29, 0.717) is 5.56 Å². The minimum atomic E-state index is -2.33. The van der Waals surface area contributed by atoms with Crippen LogP contribution in [0.5, 0.6) is 0 Å². The molecule has 0 aliphatic heterocycles. The van der Waals surface area contributed by atoms with E-state index in [2.05, 4.69) is 5.32 Å². The van der Waals surface area contributed by atoms with Gasteiger partial charge in [0, 0.05) is 18.4 Å². The number of aliphatic carboxylic acids is 1. The van der Waals surface area contributed by atoms with Gasteiger partial charge in [-0.25, -0.2) is 26.7 Å². The average Bonchev–Trinajstić information content (AvgIpc) is 2.68. The van der Waals surface area contributed by atoms with Crippen molar-refractivity contribution >= 4 is 11.9 Å². The zero-order valence-electron chi connectivity index (χ0n) is 14.2. The van der Waals surface area contributed by atoms with Crippen molar-refractivity contribution in [2.24, 2.45) is 5.73 Å². The van der Waals surface area contributed by atoms with Gasteiger partial charge in [0.25, 0.3) is 0 Å². The number of carbonyl (C=O) groups is 2. The normalized spacial score (nSPS) is 13.1. The number of benzene rings is 2. The molecule has 5 nitrogen and oxygen atoms in total. The Morgan fingerprint density at radius 3 is 1.89 bits per heavy atom. The Bertz CT molecular complexity index is 864. The van der Waals surface area contributed by atoms with Gasteiger partial charge in [0.2, 0.25) is 11.7 Å². The van der Waals surface area contributed by atoms with Gasteiger partial charge in [-0.1, -0.05) is 30.3 Å². The van der Waals surface area contributed by atoms with Crippen molar-refractivity contribution in [1.29, 1.82) is 0 Å². The van der Waals surface area contributed by atoms with Gasteiger partial charge >= 0.3 is 5.97 Å². The Labute approximate surface area is 156 Å². The highest BCUT2D eigenvalue weighted by atomic mass is 19.2. The molecule has 0 spiro atoms. The SMILES string of the molecule is N[C@@H](Cc1c(F)c(F)c(F)c(F)c1F)C(=O)N[C@@H](Cc1ccccc1)C(=O)O. The van der Waals surface area contributed by atoms with Gasteiger partial charge in [-0.05, 0) is 5.56 Å². The number of rotatable bonds is 7. The lowest BCUT2D eigenvalue weighted by atomic mass is 10.0. The fourth-order valence-corrected chi connectivity index (χ4v) is 2.47. The van der Waals surface area contributed by atoms with Crippen molar-refractivity contribution in [2.75, 3.05) is 0 Å². The topological polar surface area (TPSA) is 92.4 Å². The van der Waals surface area contributed by atoms with E-state index in [1.54, 1.807) is 30.3 Å². The van der Waals surface area contributed by atoms with Gasteiger partial charge in [-0.2, -0.15) is 0 Å². The molecule has 0 saturated heterocycles. The third-order valence-corrected chi connectivity index (χ3v) is 3.96. The molecule has 0 aliphatic rings. The Hall–Kier alpha value is -3.01. The first kappa shape index (κ1) is 21.3. The monoisotopic (exact) mass is 402 g/mol. The second-order valence-electron chi connectivity index (χ2n) is 5.95. The standard InChI is InChI=1S/C18H15F5N2O3/c19-12-9(13(20)15(22)16(23)14(12)21)7-10(24)17(26)25-11(18(27)28)6-8-4-2-1-3-5-8/h1-5,10-11H,6-7,24H2,(H,25,26)(H,27,28)/t10-,11-/m0/s1. The zero-order valence-corrected chi connectivity index (χ0v) is 14.2. The summed E-state index contributed by atoms with van der Waals surface area (Å²) in [5, 5.41) is 11.3. The van der Waals surface area contributed by atoms with Gasteiger partial charge in [0.1, 0.15) is 6.04 Å². The number of hydrogen-bond acceptors (Lipinski definition) is 3. The maximum Gasteiger partial charge on any atom is 0.326 e. The summed E-state index contributed by atoms with van der Waals surface area (Å²) in [5.41, 5.74) is 4.82. The van der Waals surface area contributed by atoms with E-state index >= 15 is 0 Å². The second kappa shape index (κ2) is 8.79. The van der Waals surface area contributed by atoms with E-state index in [1.165, 1.54) is 0 Å². The lowest BCUT2D eigenvalue weighted by Crippen LogP contribution is -2.50. The molecule has 0 saturated carbocycles. The molecule has 4 N–H and O–H groups in total. The van der Waals surface area contributed by atoms with Crippen molar-refractivity contribution in [3.05, 3.63) is 70.5 Å². The highest BCUT2D eigenvalue weighted by Gasteiger charge is 2.29. The van der Waals surface area contributed by atoms with Crippen LogP contribution in [0.3, 0.4) is 0 Å². The molecule has 1 amide bonds. The molecule has 150 valence electrons. The molecule has 0 radical (unpaired) electrons. The van der Waals surface area contributed by atoms with Crippen molar-refractivity contribution in [2.45, 2.75) is 24.9 Å². The summed E-state index contributed by atoms with van der Waals surface area (Å²) in [4.78, 5) is 23.4. The van der Waals surface area contributed by atoms with Crippen molar-refractivity contribution < 1.29 is 36.6 Å². The van der Waals surface area contributed by atoms with Crippen LogP contribution in [0.25, 0.3) is 0 Å². The molecule has 0 heterocycles. The highest BCUT2D eigenvalue weighted by Crippen LogP contribution is 2.23. The summed E-state index contributed by atoms with van der Waals surface area (Å²) in [6.45, 7) is 0. The van der Waals surface area contributed by atoms with Crippen LogP contribution in [0.1, 0.15) is 11.1 Å². The molecule has 2 aromatic rings. The Balaban J connectivity index is 2.15. The number of nitrogens with two attached hydrogens (primary N) is 1. The fourth-order valence-electron chi connectivity index (χ4n) is 2.47. The van der Waals surface area contributed by atoms with E-state index in [9.17, 15) is 36.6 Å². The summed E-state index contributed by atoms with van der Waals surface area (Å²) in [5.74, 6) is -13.3. The quantitative estimate of drug-likeness (QED) is 0.376. The number of halogens is 5. The first-order chi connectivity index (χ1) is 13.1. The van der Waals surface area contributed by atoms with Gasteiger partial charge < -0.3 is 16.2 Å². The largest absolute Gasteiger partial charge is 0.480 e. The van der Waals surface area contributed by atoms with Crippen molar-refractivity contribution in [3.8, 4) is 0 Å². The molecule has 28 heavy (non-hydrogen) atoms. The van der Waals surface area contributed by atoms with Crippen LogP contribution in [0, 0.1) is 29.1 Å². The van der Waals surface area contributed by atoms with Crippen LogP contribution in [0.15, 0.2) is 30.3 Å². The number of carboxylic acids is 1. The number of carbonyl (C=O) groups excluding carboxylic acids is 1. The molecular weight excluding hydrogens is 387 g/mol. The summed E-state index contributed by atoms with van der Waals surface area (Å²) < 4.78 is 66.9. The maximum absolute atomic E-state index is 13.7. The molecule has 0 aromatic heterocycles. The molecule has 2 rings (SSSR count). The lowest BCUT2D eigenvalue weighted by molar-refractivity contribution is -0.142. The number of nitrogens with one attached hydrogen (secondary N) is 1. The molecule has 0 bridgehead atoms. The van der Waals surface area contributed by atoms with E-state index < -0.39 is 65.0 Å². The third kappa shape index (κ3) is 4.63. The third-order valence-electron chi connectivity index (χ3n) is 3.96. The van der Waals surface area contributed by atoms with Crippen LogP contribution >= 0.6 is 0 Å². The van der Waals surface area contributed by atoms with E-state index in [1.807, 2.05) is 0 Å². The highest BCUT2D eigenvalue weighted by molar-refractivity contribution is 5.87. The Morgan fingerprint density at radius 2 is 1.39 bits per heavy atom. The van der Waals surface area contributed by atoms with Crippen LogP contribution < -0.4 is 11.1 Å². The predicted molar refractivity (Wildman–Crippen MR) is 87.6 cm³/mol. The van der Waals surface area contributed by atoms with Crippen molar-refractivity contribution in [3.63, 3.8) is 0 Å². The van der Waals surface area contributed by atoms with Crippen LogP contribution in [-0.4, -0.2) is 29.1 Å². The second-order valence-corrected chi connectivity index (χ2v) is 5.95. The van der Waals surface area contributed by atoms with Gasteiger partial charge in [0.15, 0.2) is 23.3 Å². The minimum absolute atomic E-state index is 0.100. The summed E-state index contributed by atoms with van der Waals surface area (Å²) in [7, 11) is 0. The molecule has 0 unspecified atom stereocenters. The van der Waals surface area contributed by atoms with Crippen LogP contribution in [0.2, 0.25) is 0 Å². The first-order valence-corrected chi connectivity index (χ1v) is 7.96. The Kier molecular flexibility index (Phi) is 6.68. The Morgan fingerprint density at radius 1 is 0.893 bits per heavy atom. The molecule has 0 aliphatic carbocycles. The smallest absolute Gasteiger partial charge is 0.326 e. The average molecular weight is 402 g/mol. The molecule has 10 heteroatoms. The first-order valence-electron chi connectivity index (χ1n) is 7.96. The molecule has 2 atom stereocenters. The number of carboxylic acid groups (broad SMARTS) is 1. The fraction of sp³-hybridized carbons (Fsp3) is 0.222. The summed E-state index contributed by atoms with van der Waals surface area (Å²) >= 11 is 0. The minimum Gasteiger partial charge on any atom is -0.480 e. The summed E-state index contributed by atoms with van der Waals surface area (Å²) in [6.07, 6.45) is -1.12. The molecule has 0 fully saturated rings. The van der Waals surface area contributed by atoms with Gasteiger partial charge in [-0.3, -0.25) is 4.79 Å². The number of amides is 1. The maximum atomic E-state index is 13.7. The lowest BCUT2D eigenvalue weighted by Gasteiger charge is -2.18. The van der Waals surface area contributed by atoms with Gasteiger partial charge in [0.05, 0.1) is 6.04 Å². The molecule has 2 aromatic carbocycles. The van der Waals surface area contributed by atoms with Gasteiger partial charge in [-0.15, -0.1) is 0 Å². The van der Waals surface area contributed by atoms with Crippen LogP contribution in [-0.2, 0) is 22.4 Å². The molecular formula is C18H15F5N2O3. The number of hydrogen-bond donors (Lipinski definition) is 3. The van der Waals surface area contributed by atoms with E-state index in [4.69, 9.17) is 5.73 Å². The van der Waals surface area contributed by atoms with E-state index in [0.717, 1.165) is 0 Å². The van der Waals surface area contributed by atoms with E-state index in [-0.39, 0.29) is 6.42 Å². The zero-order chi connectivity index (χ0) is 21.0. The van der Waals surface area contributed by atoms with Crippen molar-refractivity contribution in [1.82, 2.24) is 5.32 Å².